The number of fused-ring (bicyclic) bond motifs is 3. The van der Waals surface area contributed by atoms with Crippen molar-refractivity contribution in [2.45, 2.75) is 0 Å². The van der Waals surface area contributed by atoms with Crippen LogP contribution in [0, 0.1) is 0 Å². The fourth-order valence-electron chi connectivity index (χ4n) is 8.65. The van der Waals surface area contributed by atoms with Crippen LogP contribution in [-0.4, -0.2) is 19.3 Å². The predicted octanol–water partition coefficient (Wildman–Crippen LogP) is 14.4. The van der Waals surface area contributed by atoms with Crippen LogP contribution in [0.3, 0.4) is 0 Å². The van der Waals surface area contributed by atoms with Gasteiger partial charge in [-0.25, -0.2) is 0 Å². The molecule has 0 spiro atoms. The van der Waals surface area contributed by atoms with Crippen molar-refractivity contribution in [2.75, 3.05) is 0 Å². The second-order valence-corrected chi connectivity index (χ2v) is 15.0. The maximum absolute atomic E-state index is 4.80. The second kappa shape index (κ2) is 15.0. The summed E-state index contributed by atoms with van der Waals surface area (Å²) in [7, 11) is 0. The first kappa shape index (κ1) is 35.1. The Labute approximate surface area is 348 Å². The van der Waals surface area contributed by atoms with Gasteiger partial charge in [-0.1, -0.05) is 194 Å². The van der Waals surface area contributed by atoms with Crippen molar-refractivity contribution in [3.8, 4) is 78.7 Å². The monoisotopic (exact) mass is 766 g/mol. The molecule has 4 heteroatoms. The normalized spacial score (nSPS) is 11.3. The van der Waals surface area contributed by atoms with E-state index in [1.807, 2.05) is 12.1 Å². The smallest absolute Gasteiger partial charge is 0.168 e. The van der Waals surface area contributed by atoms with E-state index in [0.717, 1.165) is 45.3 Å². The van der Waals surface area contributed by atoms with Crippen LogP contribution in [-0.2, 0) is 0 Å². The Balaban J connectivity index is 0.936. The fourth-order valence-corrected chi connectivity index (χ4v) is 8.65. The first-order chi connectivity index (χ1) is 29.8. The molecule has 2 heterocycles. The van der Waals surface area contributed by atoms with Crippen molar-refractivity contribution in [1.82, 2.24) is 19.3 Å². The third kappa shape index (κ3) is 6.19. The Bertz CT molecular complexity index is 3220. The molecule has 2 aromatic heterocycles. The standard InChI is InChI=1S/C56H38N4/c1-3-15-39(16-4-1)40-27-31-43(32-28-40)55-57-58-56(60(55)45-17-5-2-6-18-45)44-33-29-41(30-34-44)47-19-7-9-21-49(47)50-22-10-8-20-48(50)42-35-37-46(38-36-42)59-53-25-13-11-23-51(53)52-24-12-14-26-54(52)59/h1-38H. The summed E-state index contributed by atoms with van der Waals surface area (Å²) in [5.74, 6) is 1.59. The zero-order chi connectivity index (χ0) is 39.8. The lowest BCUT2D eigenvalue weighted by Gasteiger charge is -2.16. The number of para-hydroxylation sites is 3. The number of rotatable bonds is 8. The Morgan fingerprint density at radius 2 is 0.583 bits per heavy atom. The van der Waals surface area contributed by atoms with Gasteiger partial charge in [0.25, 0.3) is 0 Å². The molecular weight excluding hydrogens is 729 g/mol. The van der Waals surface area contributed by atoms with Crippen LogP contribution in [0.4, 0.5) is 0 Å². The molecule has 9 aromatic carbocycles. The molecule has 60 heavy (non-hydrogen) atoms. The molecule has 11 aromatic rings. The SMILES string of the molecule is c1ccc(-c2ccc(-c3nnc(-c4ccc(-c5ccccc5-c5ccccc5-c5ccc(-n6c7ccccc7c7ccccc76)cc5)cc4)n3-c3ccccc3)cc2)cc1. The van der Waals surface area contributed by atoms with Crippen molar-refractivity contribution in [2.24, 2.45) is 0 Å². The highest BCUT2D eigenvalue weighted by Crippen LogP contribution is 2.40. The minimum Gasteiger partial charge on any atom is -0.309 e. The Morgan fingerprint density at radius 3 is 1.10 bits per heavy atom. The zero-order valence-electron chi connectivity index (χ0n) is 32.7. The van der Waals surface area contributed by atoms with Gasteiger partial charge in [0.1, 0.15) is 0 Å². The number of hydrogen-bond acceptors (Lipinski definition) is 2. The molecule has 0 fully saturated rings. The summed E-state index contributed by atoms with van der Waals surface area (Å²) in [5, 5.41) is 12.1. The van der Waals surface area contributed by atoms with Crippen LogP contribution in [0.15, 0.2) is 231 Å². The van der Waals surface area contributed by atoms with E-state index in [2.05, 4.69) is 228 Å². The highest BCUT2D eigenvalue weighted by Gasteiger charge is 2.19. The van der Waals surface area contributed by atoms with Gasteiger partial charge < -0.3 is 4.57 Å². The van der Waals surface area contributed by atoms with E-state index in [4.69, 9.17) is 10.2 Å². The summed E-state index contributed by atoms with van der Waals surface area (Å²) in [6, 6.07) is 81.8. The largest absolute Gasteiger partial charge is 0.309 e. The second-order valence-electron chi connectivity index (χ2n) is 15.0. The average molecular weight is 767 g/mol. The van der Waals surface area contributed by atoms with Gasteiger partial charge in [-0.2, -0.15) is 0 Å². The van der Waals surface area contributed by atoms with Gasteiger partial charge in [0.05, 0.1) is 11.0 Å². The Morgan fingerprint density at radius 1 is 0.233 bits per heavy atom. The van der Waals surface area contributed by atoms with Gasteiger partial charge in [0, 0.05) is 33.3 Å². The zero-order valence-corrected chi connectivity index (χ0v) is 32.7. The van der Waals surface area contributed by atoms with Gasteiger partial charge in [-0.05, 0) is 80.9 Å². The molecule has 11 rings (SSSR count). The molecule has 0 aliphatic carbocycles. The lowest BCUT2D eigenvalue weighted by molar-refractivity contribution is 1.07. The maximum atomic E-state index is 4.80. The molecule has 0 radical (unpaired) electrons. The molecule has 0 saturated heterocycles. The van der Waals surface area contributed by atoms with Gasteiger partial charge in [0.15, 0.2) is 11.6 Å². The summed E-state index contributed by atoms with van der Waals surface area (Å²) in [6.07, 6.45) is 0. The van der Waals surface area contributed by atoms with Crippen LogP contribution in [0.5, 0.6) is 0 Å². The average Bonchev–Trinajstić information content (AvgIpc) is 3.93. The molecule has 0 unspecified atom stereocenters. The lowest BCUT2D eigenvalue weighted by Crippen LogP contribution is -2.00. The molecule has 0 aliphatic rings. The van der Waals surface area contributed by atoms with Gasteiger partial charge in [-0.15, -0.1) is 10.2 Å². The van der Waals surface area contributed by atoms with Crippen molar-refractivity contribution >= 4 is 21.8 Å². The molecule has 0 atom stereocenters. The van der Waals surface area contributed by atoms with Gasteiger partial charge >= 0.3 is 0 Å². The highest BCUT2D eigenvalue weighted by atomic mass is 15.3. The molecule has 0 saturated carbocycles. The summed E-state index contributed by atoms with van der Waals surface area (Å²) < 4.78 is 4.52. The number of benzene rings is 9. The van der Waals surface area contributed by atoms with E-state index in [-0.39, 0.29) is 0 Å². The molecular formula is C56H38N4. The summed E-state index contributed by atoms with van der Waals surface area (Å²) in [4.78, 5) is 0. The molecule has 4 nitrogen and oxygen atoms in total. The fraction of sp³-hybridized carbons (Fsp3) is 0. The van der Waals surface area contributed by atoms with E-state index in [9.17, 15) is 0 Å². The van der Waals surface area contributed by atoms with Crippen LogP contribution < -0.4 is 0 Å². The molecule has 0 aliphatic heterocycles. The highest BCUT2D eigenvalue weighted by molar-refractivity contribution is 6.09. The van der Waals surface area contributed by atoms with Crippen molar-refractivity contribution < 1.29 is 0 Å². The van der Waals surface area contributed by atoms with E-state index >= 15 is 0 Å². The lowest BCUT2D eigenvalue weighted by atomic mass is 9.89. The Kier molecular flexibility index (Phi) is 8.79. The van der Waals surface area contributed by atoms with Crippen LogP contribution in [0.2, 0.25) is 0 Å². The first-order valence-corrected chi connectivity index (χ1v) is 20.3. The van der Waals surface area contributed by atoms with Gasteiger partial charge in [0.2, 0.25) is 0 Å². The molecule has 282 valence electrons. The van der Waals surface area contributed by atoms with E-state index in [1.54, 1.807) is 0 Å². The molecule has 0 N–H and O–H groups in total. The summed E-state index contributed by atoms with van der Waals surface area (Å²) in [6.45, 7) is 0. The topological polar surface area (TPSA) is 35.6 Å². The molecule has 0 amide bonds. The van der Waals surface area contributed by atoms with Crippen LogP contribution >= 0.6 is 0 Å². The first-order valence-electron chi connectivity index (χ1n) is 20.3. The number of aromatic nitrogens is 4. The minimum absolute atomic E-state index is 0.790. The van der Waals surface area contributed by atoms with E-state index in [1.165, 1.54) is 55.2 Å². The Hall–Kier alpha value is -8.08. The number of nitrogens with zero attached hydrogens (tertiary/aromatic N) is 4. The van der Waals surface area contributed by atoms with Crippen molar-refractivity contribution in [1.29, 1.82) is 0 Å². The third-order valence-corrected chi connectivity index (χ3v) is 11.5. The predicted molar refractivity (Wildman–Crippen MR) is 248 cm³/mol. The van der Waals surface area contributed by atoms with Crippen LogP contribution in [0.1, 0.15) is 0 Å². The number of hydrogen-bond donors (Lipinski definition) is 0. The summed E-state index contributed by atoms with van der Waals surface area (Å²) >= 11 is 0. The third-order valence-electron chi connectivity index (χ3n) is 11.5. The van der Waals surface area contributed by atoms with Gasteiger partial charge in [-0.3, -0.25) is 4.57 Å². The quantitative estimate of drug-likeness (QED) is 0.154. The van der Waals surface area contributed by atoms with Crippen molar-refractivity contribution in [3.63, 3.8) is 0 Å². The van der Waals surface area contributed by atoms with Crippen molar-refractivity contribution in [3.05, 3.63) is 231 Å². The van der Waals surface area contributed by atoms with Crippen LogP contribution in [0.25, 0.3) is 100 Å². The molecule has 0 bridgehead atoms. The summed E-state index contributed by atoms with van der Waals surface area (Å²) in [5.41, 5.74) is 15.9. The van der Waals surface area contributed by atoms with E-state index < -0.39 is 0 Å². The maximum Gasteiger partial charge on any atom is 0.168 e. The minimum atomic E-state index is 0.790. The van der Waals surface area contributed by atoms with E-state index in [0.29, 0.717) is 0 Å².